The van der Waals surface area contributed by atoms with Gasteiger partial charge in [-0.2, -0.15) is 0 Å². The van der Waals surface area contributed by atoms with Crippen molar-refractivity contribution in [2.75, 3.05) is 13.2 Å². The minimum atomic E-state index is -0.417. The van der Waals surface area contributed by atoms with Crippen LogP contribution in [0, 0.1) is 5.92 Å². The van der Waals surface area contributed by atoms with E-state index in [0.29, 0.717) is 25.5 Å². The lowest BCUT2D eigenvalue weighted by molar-refractivity contribution is -0.146. The van der Waals surface area contributed by atoms with E-state index in [1.807, 2.05) is 31.2 Å². The summed E-state index contributed by atoms with van der Waals surface area (Å²) in [6.45, 7) is 4.55. The third-order valence-corrected chi connectivity index (χ3v) is 2.81. The first kappa shape index (κ1) is 12.6. The second kappa shape index (κ2) is 5.67. The summed E-state index contributed by atoms with van der Waals surface area (Å²) in [4.78, 5) is 16.3. The molecule has 18 heavy (non-hydrogen) atoms. The van der Waals surface area contributed by atoms with Crippen LogP contribution in [0.25, 0.3) is 0 Å². The van der Waals surface area contributed by atoms with Crippen molar-refractivity contribution in [3.05, 3.63) is 29.8 Å². The number of benzene rings is 1. The first-order chi connectivity index (χ1) is 8.76. The van der Waals surface area contributed by atoms with Crippen LogP contribution in [0.3, 0.4) is 0 Å². The summed E-state index contributed by atoms with van der Waals surface area (Å²) >= 11 is 0. The van der Waals surface area contributed by atoms with Gasteiger partial charge in [0.25, 0.3) is 0 Å². The molecule has 0 spiro atoms. The van der Waals surface area contributed by atoms with Crippen LogP contribution in [-0.4, -0.2) is 25.1 Å². The van der Waals surface area contributed by atoms with E-state index in [4.69, 9.17) is 9.47 Å². The van der Waals surface area contributed by atoms with Crippen molar-refractivity contribution in [2.24, 2.45) is 10.9 Å². The van der Waals surface area contributed by atoms with E-state index in [2.05, 4.69) is 4.99 Å². The maximum atomic E-state index is 11.9. The Bertz CT molecular complexity index is 468. The molecule has 0 amide bonds. The van der Waals surface area contributed by atoms with Gasteiger partial charge in [0.05, 0.1) is 18.9 Å². The first-order valence-corrected chi connectivity index (χ1v) is 6.22. The maximum absolute atomic E-state index is 11.9. The van der Waals surface area contributed by atoms with E-state index in [-0.39, 0.29) is 5.97 Å². The number of aliphatic imine (C=N–C) groups is 1. The molecule has 0 aromatic heterocycles. The molecule has 0 aliphatic carbocycles. The van der Waals surface area contributed by atoms with Gasteiger partial charge < -0.3 is 9.47 Å². The summed E-state index contributed by atoms with van der Waals surface area (Å²) in [5.41, 5.74) is 1.93. The Hall–Kier alpha value is -1.84. The second-order valence-corrected chi connectivity index (χ2v) is 4.02. The highest BCUT2D eigenvalue weighted by Gasteiger charge is 2.31. The number of ether oxygens (including phenoxy) is 2. The molecule has 96 valence electrons. The summed E-state index contributed by atoms with van der Waals surface area (Å²) in [5.74, 6) is -0.214. The van der Waals surface area contributed by atoms with Gasteiger partial charge in [-0.1, -0.05) is 18.2 Å². The fraction of sp³-hybridized carbons (Fsp3) is 0.429. The number of fused-ring (bicyclic) bond motifs is 1. The lowest BCUT2D eigenvalue weighted by atomic mass is 9.95. The highest BCUT2D eigenvalue weighted by molar-refractivity contribution is 6.00. The Labute approximate surface area is 107 Å². The van der Waals surface area contributed by atoms with E-state index in [1.165, 1.54) is 0 Å². The normalized spacial score (nSPS) is 17.7. The molecule has 0 radical (unpaired) electrons. The van der Waals surface area contributed by atoms with Crippen LogP contribution in [0.2, 0.25) is 0 Å². The van der Waals surface area contributed by atoms with Crippen LogP contribution in [0.15, 0.2) is 29.3 Å². The van der Waals surface area contributed by atoms with Gasteiger partial charge in [0.1, 0.15) is 5.92 Å². The molecule has 2 rings (SSSR count). The predicted molar refractivity (Wildman–Crippen MR) is 69.0 cm³/mol. The Kier molecular flexibility index (Phi) is 3.97. The molecule has 1 aromatic rings. The highest BCUT2D eigenvalue weighted by atomic mass is 16.5. The monoisotopic (exact) mass is 247 g/mol. The van der Waals surface area contributed by atoms with Crippen LogP contribution in [0.1, 0.15) is 19.4 Å². The van der Waals surface area contributed by atoms with Gasteiger partial charge in [-0.05, 0) is 31.9 Å². The van der Waals surface area contributed by atoms with Gasteiger partial charge in [-0.3, -0.25) is 4.79 Å². The van der Waals surface area contributed by atoms with Crippen LogP contribution in [0.5, 0.6) is 0 Å². The summed E-state index contributed by atoms with van der Waals surface area (Å²) in [5, 5.41) is 0. The molecule has 0 bridgehead atoms. The number of nitrogens with zero attached hydrogens (tertiary/aromatic N) is 1. The highest BCUT2D eigenvalue weighted by Crippen LogP contribution is 2.29. The number of hydrogen-bond acceptors (Lipinski definition) is 4. The second-order valence-electron chi connectivity index (χ2n) is 4.02. The van der Waals surface area contributed by atoms with Gasteiger partial charge in [0.15, 0.2) is 0 Å². The predicted octanol–water partition coefficient (Wildman–Crippen LogP) is 2.49. The first-order valence-electron chi connectivity index (χ1n) is 6.22. The number of carbonyl (C=O) groups is 1. The smallest absolute Gasteiger partial charge is 0.318 e. The third kappa shape index (κ3) is 2.53. The molecular formula is C14H17NO3. The zero-order chi connectivity index (χ0) is 13.0. The molecule has 4 heteroatoms. The fourth-order valence-corrected chi connectivity index (χ4v) is 2.00. The largest absolute Gasteiger partial charge is 0.480 e. The standard InChI is InChI=1S/C14H17NO3/c1-3-17-13-11(14(16)18-4-2)9-10-7-5-6-8-12(10)15-13/h5-8,11H,3-4,9H2,1-2H3. The molecule has 0 fully saturated rings. The van der Waals surface area contributed by atoms with Crippen molar-refractivity contribution in [1.82, 2.24) is 0 Å². The number of hydrogen-bond donors (Lipinski definition) is 0. The van der Waals surface area contributed by atoms with Gasteiger partial charge in [0, 0.05) is 0 Å². The molecule has 0 N–H and O–H groups in total. The third-order valence-electron chi connectivity index (χ3n) is 2.81. The minimum absolute atomic E-state index is 0.265. The summed E-state index contributed by atoms with van der Waals surface area (Å²) in [6, 6.07) is 7.78. The number of para-hydroxylation sites is 1. The van der Waals surface area contributed by atoms with Gasteiger partial charge in [-0.25, -0.2) is 4.99 Å². The molecule has 1 aromatic carbocycles. The van der Waals surface area contributed by atoms with Crippen molar-refractivity contribution in [3.8, 4) is 0 Å². The van der Waals surface area contributed by atoms with Crippen LogP contribution in [0.4, 0.5) is 5.69 Å². The van der Waals surface area contributed by atoms with E-state index >= 15 is 0 Å². The number of esters is 1. The average molecular weight is 247 g/mol. The van der Waals surface area contributed by atoms with Crippen LogP contribution < -0.4 is 0 Å². The Balaban J connectivity index is 2.30. The van der Waals surface area contributed by atoms with Crippen molar-refractivity contribution >= 4 is 17.6 Å². The van der Waals surface area contributed by atoms with Gasteiger partial charge in [-0.15, -0.1) is 0 Å². The SMILES string of the molecule is CCOC(=O)C1Cc2ccccc2N=C1OCC. The lowest BCUT2D eigenvalue weighted by Crippen LogP contribution is -2.32. The summed E-state index contributed by atoms with van der Waals surface area (Å²) in [6.07, 6.45) is 0.591. The minimum Gasteiger partial charge on any atom is -0.480 e. The van der Waals surface area contributed by atoms with Gasteiger partial charge in [0.2, 0.25) is 5.90 Å². The molecular weight excluding hydrogens is 230 g/mol. The maximum Gasteiger partial charge on any atom is 0.318 e. The van der Waals surface area contributed by atoms with Crippen molar-refractivity contribution in [2.45, 2.75) is 20.3 Å². The summed E-state index contributed by atoms with van der Waals surface area (Å²) < 4.78 is 10.5. The van der Waals surface area contributed by atoms with Crippen molar-refractivity contribution in [3.63, 3.8) is 0 Å². The Morgan fingerprint density at radius 3 is 2.83 bits per heavy atom. The zero-order valence-corrected chi connectivity index (χ0v) is 10.7. The van der Waals surface area contributed by atoms with E-state index in [9.17, 15) is 4.79 Å². The molecule has 1 aliphatic rings. The Morgan fingerprint density at radius 2 is 2.11 bits per heavy atom. The van der Waals surface area contributed by atoms with Crippen molar-refractivity contribution < 1.29 is 14.3 Å². The Morgan fingerprint density at radius 1 is 1.33 bits per heavy atom. The molecule has 1 atom stereocenters. The molecule has 0 saturated carbocycles. The molecule has 1 heterocycles. The number of rotatable bonds is 3. The van der Waals surface area contributed by atoms with E-state index in [1.54, 1.807) is 6.92 Å². The zero-order valence-electron chi connectivity index (χ0n) is 10.7. The van der Waals surface area contributed by atoms with E-state index in [0.717, 1.165) is 11.3 Å². The number of carbonyl (C=O) groups excluding carboxylic acids is 1. The van der Waals surface area contributed by atoms with E-state index < -0.39 is 5.92 Å². The van der Waals surface area contributed by atoms with Gasteiger partial charge >= 0.3 is 5.97 Å². The topological polar surface area (TPSA) is 47.9 Å². The molecule has 0 saturated heterocycles. The van der Waals surface area contributed by atoms with Crippen LogP contribution >= 0.6 is 0 Å². The van der Waals surface area contributed by atoms with Crippen molar-refractivity contribution in [1.29, 1.82) is 0 Å². The molecule has 1 aliphatic heterocycles. The molecule has 4 nitrogen and oxygen atoms in total. The van der Waals surface area contributed by atoms with Crippen LogP contribution in [-0.2, 0) is 20.7 Å². The lowest BCUT2D eigenvalue weighted by Gasteiger charge is -2.22. The summed E-state index contributed by atoms with van der Waals surface area (Å²) in [7, 11) is 0. The fourth-order valence-electron chi connectivity index (χ4n) is 2.00. The quantitative estimate of drug-likeness (QED) is 0.771. The average Bonchev–Trinajstić information content (AvgIpc) is 2.38. The molecule has 1 unspecified atom stereocenters.